The predicted octanol–water partition coefficient (Wildman–Crippen LogP) is 3.43. The van der Waals surface area contributed by atoms with Gasteiger partial charge in [-0.2, -0.15) is 0 Å². The number of halogens is 1. The van der Waals surface area contributed by atoms with Crippen molar-refractivity contribution in [3.05, 3.63) is 53.5 Å². The van der Waals surface area contributed by atoms with E-state index in [4.69, 9.17) is 4.42 Å². The first kappa shape index (κ1) is 12.4. The SMILES string of the molecule is CC(c1ccccc1F)N(C)c1ccc(C=O)o1. The molecule has 1 unspecified atom stereocenters. The van der Waals surface area contributed by atoms with E-state index in [1.54, 1.807) is 42.3 Å². The smallest absolute Gasteiger partial charge is 0.196 e. The molecule has 4 heteroatoms. The molecule has 1 aromatic carbocycles. The maximum atomic E-state index is 13.7. The summed E-state index contributed by atoms with van der Waals surface area (Å²) in [7, 11) is 1.80. The molecule has 1 atom stereocenters. The minimum Gasteiger partial charge on any atom is -0.438 e. The lowest BCUT2D eigenvalue weighted by Crippen LogP contribution is -2.21. The molecule has 0 N–H and O–H groups in total. The van der Waals surface area contributed by atoms with Gasteiger partial charge in [0.1, 0.15) is 5.82 Å². The number of hydrogen-bond donors (Lipinski definition) is 0. The van der Waals surface area contributed by atoms with Crippen molar-refractivity contribution in [3.63, 3.8) is 0 Å². The molecule has 0 saturated heterocycles. The van der Waals surface area contributed by atoms with Crippen LogP contribution >= 0.6 is 0 Å². The number of aldehydes is 1. The van der Waals surface area contributed by atoms with E-state index < -0.39 is 0 Å². The van der Waals surface area contributed by atoms with Crippen LogP contribution in [0.5, 0.6) is 0 Å². The van der Waals surface area contributed by atoms with Crippen LogP contribution in [0.2, 0.25) is 0 Å². The van der Waals surface area contributed by atoms with Crippen molar-refractivity contribution in [1.82, 2.24) is 0 Å². The van der Waals surface area contributed by atoms with Crippen LogP contribution in [0, 0.1) is 5.82 Å². The van der Waals surface area contributed by atoms with Crippen molar-refractivity contribution in [2.45, 2.75) is 13.0 Å². The zero-order valence-corrected chi connectivity index (χ0v) is 10.3. The van der Waals surface area contributed by atoms with Gasteiger partial charge in [0.25, 0.3) is 0 Å². The van der Waals surface area contributed by atoms with Gasteiger partial charge in [-0.1, -0.05) is 18.2 Å². The molecular weight excluding hydrogens is 233 g/mol. The molecule has 0 radical (unpaired) electrons. The second-order valence-corrected chi connectivity index (χ2v) is 4.10. The van der Waals surface area contributed by atoms with E-state index in [9.17, 15) is 9.18 Å². The van der Waals surface area contributed by atoms with E-state index in [0.717, 1.165) is 0 Å². The summed E-state index contributed by atoms with van der Waals surface area (Å²) >= 11 is 0. The Bertz CT molecular complexity index is 550. The quantitative estimate of drug-likeness (QED) is 0.776. The largest absolute Gasteiger partial charge is 0.438 e. The third-order valence-electron chi connectivity index (χ3n) is 3.01. The van der Waals surface area contributed by atoms with Crippen LogP contribution in [0.4, 0.5) is 10.3 Å². The number of rotatable bonds is 4. The highest BCUT2D eigenvalue weighted by Gasteiger charge is 2.18. The molecule has 0 amide bonds. The van der Waals surface area contributed by atoms with Gasteiger partial charge in [-0.05, 0) is 19.1 Å². The van der Waals surface area contributed by atoms with Crippen molar-refractivity contribution in [2.24, 2.45) is 0 Å². The van der Waals surface area contributed by atoms with Crippen LogP contribution in [0.3, 0.4) is 0 Å². The van der Waals surface area contributed by atoms with Gasteiger partial charge in [-0.3, -0.25) is 4.79 Å². The van der Waals surface area contributed by atoms with E-state index in [1.807, 2.05) is 6.92 Å². The minimum atomic E-state index is -0.251. The first-order valence-electron chi connectivity index (χ1n) is 5.65. The Labute approximate surface area is 105 Å². The number of benzene rings is 1. The summed E-state index contributed by atoms with van der Waals surface area (Å²) in [6.07, 6.45) is 0.644. The maximum Gasteiger partial charge on any atom is 0.196 e. The van der Waals surface area contributed by atoms with Crippen LogP contribution < -0.4 is 4.90 Å². The Balaban J connectivity index is 2.26. The third-order valence-corrected chi connectivity index (χ3v) is 3.01. The summed E-state index contributed by atoms with van der Waals surface area (Å²) in [5.74, 6) is 0.546. The van der Waals surface area contributed by atoms with Gasteiger partial charge in [0.2, 0.25) is 0 Å². The second kappa shape index (κ2) is 5.04. The molecule has 1 heterocycles. The predicted molar refractivity (Wildman–Crippen MR) is 67.3 cm³/mol. The van der Waals surface area contributed by atoms with E-state index in [2.05, 4.69) is 0 Å². The Morgan fingerprint density at radius 3 is 2.61 bits per heavy atom. The summed E-state index contributed by atoms with van der Waals surface area (Å²) in [5, 5.41) is 0. The van der Waals surface area contributed by atoms with Crippen LogP contribution in [0.25, 0.3) is 0 Å². The number of anilines is 1. The summed E-state index contributed by atoms with van der Waals surface area (Å²) in [5.41, 5.74) is 0.587. The zero-order valence-electron chi connectivity index (χ0n) is 10.3. The van der Waals surface area contributed by atoms with Crippen molar-refractivity contribution in [2.75, 3.05) is 11.9 Å². The fourth-order valence-corrected chi connectivity index (χ4v) is 1.81. The lowest BCUT2D eigenvalue weighted by molar-refractivity contribution is 0.110. The van der Waals surface area contributed by atoms with Crippen LogP contribution in [0.1, 0.15) is 29.1 Å². The fraction of sp³-hybridized carbons (Fsp3) is 0.214. The number of carbonyl (C=O) groups is 1. The topological polar surface area (TPSA) is 33.5 Å². The highest BCUT2D eigenvalue weighted by molar-refractivity contribution is 5.71. The Morgan fingerprint density at radius 2 is 2.00 bits per heavy atom. The highest BCUT2D eigenvalue weighted by atomic mass is 19.1. The molecule has 0 aliphatic carbocycles. The normalized spacial score (nSPS) is 12.2. The molecule has 0 spiro atoms. The molecule has 0 fully saturated rings. The van der Waals surface area contributed by atoms with Gasteiger partial charge in [-0.25, -0.2) is 4.39 Å². The summed E-state index contributed by atoms with van der Waals surface area (Å²) in [6, 6.07) is 9.72. The molecule has 1 aromatic heterocycles. The van der Waals surface area contributed by atoms with Gasteiger partial charge < -0.3 is 9.32 Å². The molecule has 0 aliphatic heterocycles. The van der Waals surface area contributed by atoms with Crippen molar-refractivity contribution in [3.8, 4) is 0 Å². The van der Waals surface area contributed by atoms with Gasteiger partial charge in [0.05, 0.1) is 6.04 Å². The second-order valence-electron chi connectivity index (χ2n) is 4.10. The molecule has 2 aromatic rings. The maximum absolute atomic E-state index is 13.7. The molecule has 3 nitrogen and oxygen atoms in total. The first-order chi connectivity index (χ1) is 8.63. The van der Waals surface area contributed by atoms with Crippen molar-refractivity contribution >= 4 is 12.2 Å². The number of hydrogen-bond acceptors (Lipinski definition) is 3. The van der Waals surface area contributed by atoms with E-state index in [1.165, 1.54) is 6.07 Å². The van der Waals surface area contributed by atoms with Crippen LogP contribution in [-0.2, 0) is 0 Å². The van der Waals surface area contributed by atoms with Crippen LogP contribution in [-0.4, -0.2) is 13.3 Å². The number of carbonyl (C=O) groups excluding carboxylic acids is 1. The summed E-state index contributed by atoms with van der Waals surface area (Å²) < 4.78 is 19.0. The average molecular weight is 247 g/mol. The van der Waals surface area contributed by atoms with Crippen molar-refractivity contribution in [1.29, 1.82) is 0 Å². The molecule has 18 heavy (non-hydrogen) atoms. The number of furan rings is 1. The molecular formula is C14H14FNO2. The summed E-state index contributed by atoms with van der Waals surface area (Å²) in [6.45, 7) is 1.88. The Kier molecular flexibility index (Phi) is 3.46. The van der Waals surface area contributed by atoms with E-state index in [0.29, 0.717) is 17.7 Å². The average Bonchev–Trinajstić information content (AvgIpc) is 2.86. The zero-order chi connectivity index (χ0) is 13.1. The molecule has 2 rings (SSSR count). The molecule has 0 aliphatic rings. The molecule has 94 valence electrons. The fourth-order valence-electron chi connectivity index (χ4n) is 1.81. The minimum absolute atomic E-state index is 0.183. The summed E-state index contributed by atoms with van der Waals surface area (Å²) in [4.78, 5) is 12.3. The van der Waals surface area contributed by atoms with E-state index in [-0.39, 0.29) is 17.6 Å². The monoisotopic (exact) mass is 247 g/mol. The molecule has 0 bridgehead atoms. The third kappa shape index (κ3) is 2.27. The van der Waals surface area contributed by atoms with Crippen LogP contribution in [0.15, 0.2) is 40.8 Å². The van der Waals surface area contributed by atoms with E-state index >= 15 is 0 Å². The highest BCUT2D eigenvalue weighted by Crippen LogP contribution is 2.27. The van der Waals surface area contributed by atoms with Gasteiger partial charge in [0, 0.05) is 18.7 Å². The van der Waals surface area contributed by atoms with Gasteiger partial charge in [-0.15, -0.1) is 0 Å². The Morgan fingerprint density at radius 1 is 1.28 bits per heavy atom. The first-order valence-corrected chi connectivity index (χ1v) is 5.65. The molecule has 0 saturated carbocycles. The number of nitrogens with zero attached hydrogens (tertiary/aromatic N) is 1. The van der Waals surface area contributed by atoms with Gasteiger partial charge in [0.15, 0.2) is 17.9 Å². The lowest BCUT2D eigenvalue weighted by atomic mass is 10.1. The van der Waals surface area contributed by atoms with Crippen molar-refractivity contribution < 1.29 is 13.6 Å². The van der Waals surface area contributed by atoms with Gasteiger partial charge >= 0.3 is 0 Å². The standard InChI is InChI=1S/C14H14FNO2/c1-10(12-5-3-4-6-13(12)15)16(2)14-8-7-11(9-17)18-14/h3-10H,1-2H3. The Hall–Kier alpha value is -2.10. The lowest BCUT2D eigenvalue weighted by Gasteiger charge is -2.25.